The van der Waals surface area contributed by atoms with Crippen molar-refractivity contribution in [1.29, 1.82) is 0 Å². The van der Waals surface area contributed by atoms with Gasteiger partial charge >= 0.3 is 6.09 Å². The summed E-state index contributed by atoms with van der Waals surface area (Å²) in [5, 5.41) is 13.0. The van der Waals surface area contributed by atoms with Crippen LogP contribution in [-0.4, -0.2) is 53.9 Å². The van der Waals surface area contributed by atoms with Crippen LogP contribution >= 0.6 is 0 Å². The second-order valence-corrected chi connectivity index (χ2v) is 9.20. The molecule has 2 aliphatic rings. The van der Waals surface area contributed by atoms with Crippen LogP contribution in [-0.2, 0) is 38.5 Å². The molecule has 192 valence electrons. The number of carbonyl (C=O) groups is 3. The molecule has 1 aliphatic heterocycles. The predicted molar refractivity (Wildman–Crippen MR) is 137 cm³/mol. The quantitative estimate of drug-likeness (QED) is 0.434. The number of hydrogen-bond donors (Lipinski definition) is 3. The van der Waals surface area contributed by atoms with Gasteiger partial charge in [0.25, 0.3) is 5.91 Å². The van der Waals surface area contributed by atoms with E-state index in [2.05, 4.69) is 20.8 Å². The van der Waals surface area contributed by atoms with Gasteiger partial charge in [0.15, 0.2) is 5.82 Å². The van der Waals surface area contributed by atoms with Crippen LogP contribution in [0.25, 0.3) is 11.3 Å². The number of rotatable bonds is 8. The van der Waals surface area contributed by atoms with Gasteiger partial charge in [-0.25, -0.2) is 4.79 Å². The Morgan fingerprint density at radius 3 is 2.84 bits per heavy atom. The van der Waals surface area contributed by atoms with E-state index in [4.69, 9.17) is 9.47 Å². The zero-order valence-electron chi connectivity index (χ0n) is 20.6. The summed E-state index contributed by atoms with van der Waals surface area (Å²) >= 11 is 0. The third kappa shape index (κ3) is 5.64. The van der Waals surface area contributed by atoms with E-state index < -0.39 is 12.2 Å². The maximum absolute atomic E-state index is 12.5. The Kier molecular flexibility index (Phi) is 7.18. The molecular weight excluding hydrogens is 474 g/mol. The van der Waals surface area contributed by atoms with Gasteiger partial charge in [0, 0.05) is 23.7 Å². The van der Waals surface area contributed by atoms with Crippen molar-refractivity contribution < 1.29 is 23.9 Å². The second kappa shape index (κ2) is 10.8. The number of amides is 3. The van der Waals surface area contributed by atoms with Crippen LogP contribution in [0.3, 0.4) is 0 Å². The number of nitrogens with one attached hydrogen (secondary N) is 3. The predicted octanol–water partition coefficient (Wildman–Crippen LogP) is 3.18. The molecule has 10 nitrogen and oxygen atoms in total. The zero-order chi connectivity index (χ0) is 25.8. The number of benzene rings is 2. The fourth-order valence-electron chi connectivity index (χ4n) is 4.69. The van der Waals surface area contributed by atoms with Crippen molar-refractivity contribution in [3.8, 4) is 11.3 Å². The lowest BCUT2D eigenvalue weighted by molar-refractivity contribution is -0.121. The number of aromatic nitrogens is 2. The number of hydrogen-bond acceptors (Lipinski definition) is 6. The Balaban J connectivity index is 1.25. The number of carbonyl (C=O) groups excluding carboxylic acids is 3. The van der Waals surface area contributed by atoms with Crippen molar-refractivity contribution in [3.05, 3.63) is 65.2 Å². The van der Waals surface area contributed by atoms with Gasteiger partial charge in [0.2, 0.25) is 5.91 Å². The van der Waals surface area contributed by atoms with E-state index in [-0.39, 0.29) is 25.0 Å². The lowest BCUT2D eigenvalue weighted by Gasteiger charge is -2.16. The SMILES string of the molecule is CC(=O)NC[C@H]1CN(c2ccc3c(c2)CCCc2c(NC(=O)COCc4ccccc4)n[nH]c2-3)C(=O)O1. The second-order valence-electron chi connectivity index (χ2n) is 9.20. The van der Waals surface area contributed by atoms with E-state index in [1.807, 2.05) is 48.5 Å². The first-order chi connectivity index (χ1) is 18.0. The third-order valence-electron chi connectivity index (χ3n) is 6.47. The number of H-pyrrole nitrogens is 1. The monoisotopic (exact) mass is 503 g/mol. The Hall–Kier alpha value is -4.18. The van der Waals surface area contributed by atoms with Gasteiger partial charge in [0.1, 0.15) is 12.7 Å². The Bertz CT molecular complexity index is 1310. The number of anilines is 2. The molecule has 3 N–H and O–H groups in total. The topological polar surface area (TPSA) is 126 Å². The molecule has 0 radical (unpaired) electrons. The number of fused-ring (bicyclic) bond motifs is 3. The summed E-state index contributed by atoms with van der Waals surface area (Å²) in [6.45, 7) is 2.38. The molecule has 0 bridgehead atoms. The van der Waals surface area contributed by atoms with Crippen LogP contribution in [0.1, 0.15) is 30.0 Å². The Morgan fingerprint density at radius 1 is 1.19 bits per heavy atom. The Labute approximate surface area is 214 Å². The molecule has 2 aromatic carbocycles. The number of aryl methyl sites for hydroxylation is 1. The Morgan fingerprint density at radius 2 is 2.03 bits per heavy atom. The van der Waals surface area contributed by atoms with Crippen molar-refractivity contribution in [2.45, 2.75) is 38.9 Å². The van der Waals surface area contributed by atoms with Gasteiger partial charge in [-0.1, -0.05) is 36.4 Å². The highest BCUT2D eigenvalue weighted by atomic mass is 16.6. The zero-order valence-corrected chi connectivity index (χ0v) is 20.6. The molecule has 1 aromatic heterocycles. The van der Waals surface area contributed by atoms with E-state index in [1.165, 1.54) is 6.92 Å². The van der Waals surface area contributed by atoms with Crippen LogP contribution in [0.5, 0.6) is 0 Å². The van der Waals surface area contributed by atoms with E-state index in [0.717, 1.165) is 52.9 Å². The molecule has 3 amide bonds. The highest BCUT2D eigenvalue weighted by molar-refractivity contribution is 5.93. The standard InChI is InChI=1S/C27H29N5O5/c1-17(33)28-13-21-14-32(27(35)37-21)20-10-11-22-19(12-20)8-5-9-23-25(22)30-31-26(23)29-24(34)16-36-15-18-6-3-2-4-7-18/h2-4,6-7,10-12,21H,5,8-9,13-16H2,1H3,(H,28,33)(H2,29,30,31,34)/t21-/m0/s1. The van der Waals surface area contributed by atoms with Gasteiger partial charge in [-0.15, -0.1) is 0 Å². The maximum atomic E-state index is 12.5. The largest absolute Gasteiger partial charge is 0.442 e. The third-order valence-corrected chi connectivity index (χ3v) is 6.47. The number of nitrogens with zero attached hydrogens (tertiary/aromatic N) is 2. The fraction of sp³-hybridized carbons (Fsp3) is 0.333. The van der Waals surface area contributed by atoms with E-state index in [9.17, 15) is 14.4 Å². The molecule has 0 unspecified atom stereocenters. The number of ether oxygens (including phenoxy) is 2. The molecule has 1 aliphatic carbocycles. The van der Waals surface area contributed by atoms with E-state index >= 15 is 0 Å². The normalized spacial score (nSPS) is 16.4. The number of cyclic esters (lactones) is 1. The highest BCUT2D eigenvalue weighted by Gasteiger charge is 2.33. The minimum Gasteiger partial charge on any atom is -0.442 e. The van der Waals surface area contributed by atoms with Crippen LogP contribution in [0.2, 0.25) is 0 Å². The molecule has 0 saturated carbocycles. The van der Waals surface area contributed by atoms with Crippen LogP contribution in [0.4, 0.5) is 16.3 Å². The first kappa shape index (κ1) is 24.5. The average Bonchev–Trinajstić information content (AvgIpc) is 3.40. The van der Waals surface area contributed by atoms with Gasteiger partial charge in [-0.2, -0.15) is 5.10 Å². The molecule has 3 aromatic rings. The van der Waals surface area contributed by atoms with Gasteiger partial charge in [-0.3, -0.25) is 19.6 Å². The van der Waals surface area contributed by atoms with Crippen LogP contribution in [0.15, 0.2) is 48.5 Å². The van der Waals surface area contributed by atoms with Gasteiger partial charge in [0.05, 0.1) is 25.4 Å². The molecule has 5 rings (SSSR count). The van der Waals surface area contributed by atoms with Crippen molar-refractivity contribution in [1.82, 2.24) is 15.5 Å². The molecule has 1 atom stereocenters. The van der Waals surface area contributed by atoms with Crippen LogP contribution < -0.4 is 15.5 Å². The molecule has 37 heavy (non-hydrogen) atoms. The van der Waals surface area contributed by atoms with E-state index in [1.54, 1.807) is 4.90 Å². The van der Waals surface area contributed by atoms with Crippen molar-refractivity contribution in [3.63, 3.8) is 0 Å². The lowest BCUT2D eigenvalue weighted by atomic mass is 10.0. The minimum absolute atomic E-state index is 0.0641. The summed E-state index contributed by atoms with van der Waals surface area (Å²) in [7, 11) is 0. The summed E-state index contributed by atoms with van der Waals surface area (Å²) in [5.41, 5.74) is 5.66. The first-order valence-corrected chi connectivity index (χ1v) is 12.3. The lowest BCUT2D eigenvalue weighted by Crippen LogP contribution is -2.33. The maximum Gasteiger partial charge on any atom is 0.414 e. The van der Waals surface area contributed by atoms with Crippen molar-refractivity contribution >= 4 is 29.4 Å². The minimum atomic E-state index is -0.425. The van der Waals surface area contributed by atoms with E-state index in [0.29, 0.717) is 19.0 Å². The average molecular weight is 504 g/mol. The number of aromatic amines is 1. The summed E-state index contributed by atoms with van der Waals surface area (Å²) < 4.78 is 11.0. The highest BCUT2D eigenvalue weighted by Crippen LogP contribution is 2.37. The fourth-order valence-corrected chi connectivity index (χ4v) is 4.69. The first-order valence-electron chi connectivity index (χ1n) is 12.3. The van der Waals surface area contributed by atoms with Crippen LogP contribution in [0, 0.1) is 0 Å². The summed E-state index contributed by atoms with van der Waals surface area (Å²) in [5.74, 6) is 0.0979. The molecule has 1 saturated heterocycles. The molecule has 2 heterocycles. The van der Waals surface area contributed by atoms with Gasteiger partial charge in [-0.05, 0) is 42.5 Å². The van der Waals surface area contributed by atoms with Crippen molar-refractivity contribution in [2.24, 2.45) is 0 Å². The molecule has 10 heteroatoms. The summed E-state index contributed by atoms with van der Waals surface area (Å²) in [6, 6.07) is 15.5. The van der Waals surface area contributed by atoms with Gasteiger partial charge < -0.3 is 20.1 Å². The molecule has 1 fully saturated rings. The summed E-state index contributed by atoms with van der Waals surface area (Å²) in [6.07, 6.45) is 1.62. The molecular formula is C27H29N5O5. The van der Waals surface area contributed by atoms with Crippen molar-refractivity contribution in [2.75, 3.05) is 29.9 Å². The molecule has 0 spiro atoms. The summed E-state index contributed by atoms with van der Waals surface area (Å²) in [4.78, 5) is 37.7. The smallest absolute Gasteiger partial charge is 0.414 e.